The van der Waals surface area contributed by atoms with E-state index in [1.165, 1.54) is 16.9 Å². The number of hydrogen-bond donors (Lipinski definition) is 3. The number of quaternary nitrogens is 1. The van der Waals surface area contributed by atoms with Crippen molar-refractivity contribution in [3.63, 3.8) is 0 Å². The van der Waals surface area contributed by atoms with Crippen LogP contribution in [-0.2, 0) is 24.2 Å². The van der Waals surface area contributed by atoms with Crippen LogP contribution in [0.15, 0.2) is 29.1 Å². The molecule has 29 heavy (non-hydrogen) atoms. The first-order chi connectivity index (χ1) is 14.0. The molecule has 0 radical (unpaired) electrons. The van der Waals surface area contributed by atoms with E-state index in [-0.39, 0.29) is 18.0 Å². The summed E-state index contributed by atoms with van der Waals surface area (Å²) in [5.74, 6) is 1.27. The second-order valence-corrected chi connectivity index (χ2v) is 8.57. The molecule has 152 valence electrons. The first-order valence-electron chi connectivity index (χ1n) is 9.82. The smallest absolute Gasteiger partial charge is 0.279 e. The Hall–Kier alpha value is -2.71. The Morgan fingerprint density at radius 3 is 2.79 bits per heavy atom. The first-order valence-corrected chi connectivity index (χ1v) is 10.6. The van der Waals surface area contributed by atoms with Crippen LogP contribution in [0.3, 0.4) is 0 Å². The summed E-state index contributed by atoms with van der Waals surface area (Å²) in [6, 6.07) is 7.21. The maximum atomic E-state index is 12.6. The molecule has 7 nitrogen and oxygen atoms in total. The molecule has 0 spiro atoms. The minimum Gasteiger partial charge on any atom is -0.497 e. The minimum absolute atomic E-state index is 0.0557. The van der Waals surface area contributed by atoms with Gasteiger partial charge in [0.25, 0.3) is 11.5 Å². The van der Waals surface area contributed by atoms with E-state index >= 15 is 0 Å². The number of H-pyrrole nitrogens is 1. The number of aryl methyl sites for hydroxylation is 2. The second-order valence-electron chi connectivity index (χ2n) is 7.49. The van der Waals surface area contributed by atoms with E-state index in [0.29, 0.717) is 12.4 Å². The molecule has 0 aliphatic heterocycles. The Kier molecular flexibility index (Phi) is 5.64. The van der Waals surface area contributed by atoms with Gasteiger partial charge in [0.15, 0.2) is 12.4 Å². The van der Waals surface area contributed by atoms with Crippen molar-refractivity contribution < 1.29 is 14.4 Å². The number of rotatable bonds is 6. The zero-order valence-electron chi connectivity index (χ0n) is 16.6. The number of fused-ring (bicyclic) bond motifs is 3. The largest absolute Gasteiger partial charge is 0.497 e. The fourth-order valence-electron chi connectivity index (χ4n) is 3.79. The van der Waals surface area contributed by atoms with Crippen molar-refractivity contribution in [3.8, 4) is 5.75 Å². The number of nitrogens with zero attached hydrogens (tertiary/aromatic N) is 1. The van der Waals surface area contributed by atoms with E-state index in [2.05, 4.69) is 15.3 Å². The van der Waals surface area contributed by atoms with Gasteiger partial charge in [-0.15, -0.1) is 11.3 Å². The number of likely N-dealkylation sites (N-methyl/N-ethyl adjacent to an activating group) is 1. The lowest BCUT2D eigenvalue weighted by atomic mass is 9.97. The zero-order chi connectivity index (χ0) is 20.4. The van der Waals surface area contributed by atoms with Crippen LogP contribution in [0, 0.1) is 0 Å². The number of thiophene rings is 1. The fourth-order valence-corrected chi connectivity index (χ4v) is 5.08. The molecular weight excluding hydrogens is 388 g/mol. The van der Waals surface area contributed by atoms with E-state index in [4.69, 9.17) is 4.74 Å². The summed E-state index contributed by atoms with van der Waals surface area (Å²) < 4.78 is 5.12. The van der Waals surface area contributed by atoms with Gasteiger partial charge in [-0.3, -0.25) is 9.59 Å². The maximum Gasteiger partial charge on any atom is 0.279 e. The van der Waals surface area contributed by atoms with Crippen molar-refractivity contribution in [2.75, 3.05) is 26.0 Å². The number of hydrogen-bond acceptors (Lipinski definition) is 5. The number of aromatic amines is 1. The summed E-state index contributed by atoms with van der Waals surface area (Å²) in [7, 11) is 3.52. The van der Waals surface area contributed by atoms with Crippen LogP contribution >= 0.6 is 11.3 Å². The van der Waals surface area contributed by atoms with Gasteiger partial charge in [-0.1, -0.05) is 0 Å². The number of carbonyl (C=O) groups excluding carboxylic acids is 1. The van der Waals surface area contributed by atoms with Gasteiger partial charge in [0.1, 0.15) is 17.1 Å². The fraction of sp³-hybridized carbons (Fsp3) is 0.381. The van der Waals surface area contributed by atoms with E-state index in [1.54, 1.807) is 42.7 Å². The average Bonchev–Trinajstić information content (AvgIpc) is 3.07. The molecule has 1 atom stereocenters. The topological polar surface area (TPSA) is 88.5 Å². The molecule has 1 aliphatic rings. The van der Waals surface area contributed by atoms with Crippen LogP contribution in [0.4, 0.5) is 5.69 Å². The molecule has 1 unspecified atom stereocenters. The number of methoxy groups -OCH3 is 1. The Morgan fingerprint density at radius 1 is 1.28 bits per heavy atom. The van der Waals surface area contributed by atoms with E-state index in [9.17, 15) is 9.59 Å². The molecule has 1 aromatic carbocycles. The number of ether oxygens (including phenoxy) is 1. The van der Waals surface area contributed by atoms with Gasteiger partial charge in [0.05, 0.1) is 19.5 Å². The second kappa shape index (κ2) is 8.34. The highest BCUT2D eigenvalue weighted by Crippen LogP contribution is 2.33. The molecule has 0 saturated heterocycles. The van der Waals surface area contributed by atoms with Crippen LogP contribution in [0.5, 0.6) is 5.75 Å². The standard InChI is InChI=1S/C21H24N4O3S/c1-25(12-18(26)22-13-7-9-14(28-2)10-8-13)11-17-23-20(27)19-15-5-3-4-6-16(15)29-21(19)24-17/h7-10H,3-6,11-12H2,1-2H3,(H,22,26)(H,23,24,27)/p+1. The quantitative estimate of drug-likeness (QED) is 0.572. The number of amides is 1. The molecule has 0 bridgehead atoms. The highest BCUT2D eigenvalue weighted by molar-refractivity contribution is 7.18. The van der Waals surface area contributed by atoms with E-state index in [0.717, 1.165) is 45.8 Å². The lowest BCUT2D eigenvalue weighted by molar-refractivity contribution is -0.885. The first kappa shape index (κ1) is 19.6. The van der Waals surface area contributed by atoms with Crippen LogP contribution in [0.25, 0.3) is 10.2 Å². The third-order valence-corrected chi connectivity index (χ3v) is 6.37. The van der Waals surface area contributed by atoms with Crippen LogP contribution < -0.4 is 20.5 Å². The van der Waals surface area contributed by atoms with E-state index in [1.807, 2.05) is 7.05 Å². The summed E-state index contributed by atoms with van der Waals surface area (Å²) >= 11 is 1.64. The third kappa shape index (κ3) is 4.33. The molecule has 8 heteroatoms. The number of aromatic nitrogens is 2. The molecular formula is C21H25N4O3S+. The third-order valence-electron chi connectivity index (χ3n) is 5.18. The van der Waals surface area contributed by atoms with Crippen molar-refractivity contribution in [1.29, 1.82) is 0 Å². The molecule has 4 rings (SSSR count). The van der Waals surface area contributed by atoms with Crippen molar-refractivity contribution >= 4 is 33.1 Å². The predicted molar refractivity (Wildman–Crippen MR) is 114 cm³/mol. The molecule has 3 N–H and O–H groups in total. The minimum atomic E-state index is -0.0947. The van der Waals surface area contributed by atoms with E-state index < -0.39 is 0 Å². The van der Waals surface area contributed by atoms with Gasteiger partial charge < -0.3 is 19.9 Å². The van der Waals surface area contributed by atoms with Gasteiger partial charge in [-0.25, -0.2) is 4.98 Å². The number of nitrogens with one attached hydrogen (secondary N) is 3. The summed E-state index contributed by atoms with van der Waals surface area (Å²) in [5.41, 5.74) is 1.86. The monoisotopic (exact) mass is 413 g/mol. The highest BCUT2D eigenvalue weighted by Gasteiger charge is 2.21. The summed E-state index contributed by atoms with van der Waals surface area (Å²) in [4.78, 5) is 35.7. The molecule has 1 amide bonds. The van der Waals surface area contributed by atoms with Crippen molar-refractivity contribution in [2.45, 2.75) is 32.2 Å². The summed E-state index contributed by atoms with van der Waals surface area (Å²) in [6.45, 7) is 0.749. The predicted octanol–water partition coefficient (Wildman–Crippen LogP) is 1.53. The van der Waals surface area contributed by atoms with Gasteiger partial charge in [-0.05, 0) is 55.5 Å². The molecule has 3 aromatic rings. The van der Waals surface area contributed by atoms with Crippen LogP contribution in [-0.4, -0.2) is 36.6 Å². The lowest BCUT2D eigenvalue weighted by Gasteiger charge is -2.13. The van der Waals surface area contributed by atoms with Gasteiger partial charge >= 0.3 is 0 Å². The van der Waals surface area contributed by atoms with Gasteiger partial charge in [-0.2, -0.15) is 0 Å². The van der Waals surface area contributed by atoms with Gasteiger partial charge in [0, 0.05) is 10.6 Å². The molecule has 0 saturated carbocycles. The average molecular weight is 414 g/mol. The highest BCUT2D eigenvalue weighted by atomic mass is 32.1. The molecule has 0 fully saturated rings. The Balaban J connectivity index is 1.42. The number of anilines is 1. The molecule has 1 aliphatic carbocycles. The molecule has 2 heterocycles. The van der Waals surface area contributed by atoms with Crippen LogP contribution in [0.1, 0.15) is 29.1 Å². The SMILES string of the molecule is COc1ccc(NC(=O)C[NH+](C)Cc2nc3sc4c(c3c(=O)[nH]2)CCCC4)cc1. The Bertz CT molecular complexity index is 1090. The lowest BCUT2D eigenvalue weighted by Crippen LogP contribution is -3.08. The van der Waals surface area contributed by atoms with Crippen molar-refractivity contribution in [2.24, 2.45) is 0 Å². The summed E-state index contributed by atoms with van der Waals surface area (Å²) in [5, 5.41) is 3.65. The number of benzene rings is 1. The Morgan fingerprint density at radius 2 is 2.03 bits per heavy atom. The summed E-state index contributed by atoms with van der Waals surface area (Å²) in [6.07, 6.45) is 4.33. The van der Waals surface area contributed by atoms with Crippen molar-refractivity contribution in [1.82, 2.24) is 9.97 Å². The van der Waals surface area contributed by atoms with Gasteiger partial charge in [0.2, 0.25) is 0 Å². The Labute approximate surface area is 172 Å². The van der Waals surface area contributed by atoms with Crippen LogP contribution in [0.2, 0.25) is 0 Å². The van der Waals surface area contributed by atoms with Crippen molar-refractivity contribution in [3.05, 3.63) is 50.9 Å². The molecule has 2 aromatic heterocycles. The maximum absolute atomic E-state index is 12.6. The normalized spacial score (nSPS) is 14.4. The number of carbonyl (C=O) groups is 1. The zero-order valence-corrected chi connectivity index (χ0v) is 17.4.